The Labute approximate surface area is 182 Å². The van der Waals surface area contributed by atoms with Gasteiger partial charge in [-0.3, -0.25) is 14.5 Å². The van der Waals surface area contributed by atoms with Crippen LogP contribution in [0.1, 0.15) is 17.5 Å². The highest BCUT2D eigenvalue weighted by Crippen LogP contribution is 2.36. The number of hydrogen-bond donors (Lipinski definition) is 1. The molecule has 1 N–H and O–H groups in total. The fourth-order valence-corrected chi connectivity index (χ4v) is 4.02. The van der Waals surface area contributed by atoms with Crippen LogP contribution in [0.15, 0.2) is 53.5 Å². The maximum absolute atomic E-state index is 13.1. The second-order valence-electron chi connectivity index (χ2n) is 6.74. The fraction of sp³-hybridized carbons (Fsp3) is 0.250. The number of thioether (sulfide) groups is 1. The van der Waals surface area contributed by atoms with Crippen LogP contribution >= 0.6 is 11.8 Å². The van der Waals surface area contributed by atoms with Gasteiger partial charge in [0.1, 0.15) is 5.25 Å². The molecule has 2 aromatic carbocycles. The Morgan fingerprint density at radius 2 is 1.75 bits per heavy atom. The molecule has 0 unspecified atom stereocenters. The number of amidine groups is 1. The van der Waals surface area contributed by atoms with E-state index in [4.69, 9.17) is 0 Å². The molecule has 1 aliphatic heterocycles. The third-order valence-corrected chi connectivity index (χ3v) is 5.64. The van der Waals surface area contributed by atoms with E-state index >= 15 is 0 Å². The Balaban J connectivity index is 1.73. The van der Waals surface area contributed by atoms with Gasteiger partial charge in [0, 0.05) is 13.5 Å². The number of nitrogens with one attached hydrogen (secondary N) is 1. The molecule has 1 saturated heterocycles. The van der Waals surface area contributed by atoms with Crippen LogP contribution in [0.3, 0.4) is 0 Å². The molecule has 1 heterocycles. The van der Waals surface area contributed by atoms with Crippen molar-refractivity contribution in [3.8, 4) is 0 Å². The quantitative estimate of drug-likeness (QED) is 0.610. The lowest BCUT2D eigenvalue weighted by atomic mass is 10.1. The molecule has 5 nitrogen and oxygen atoms in total. The van der Waals surface area contributed by atoms with Crippen LogP contribution in [0.4, 0.5) is 37.7 Å². The molecule has 1 aliphatic rings. The van der Waals surface area contributed by atoms with E-state index in [0.717, 1.165) is 40.9 Å². The number of para-hydroxylation sites is 1. The van der Waals surface area contributed by atoms with Gasteiger partial charge in [-0.15, -0.1) is 0 Å². The Hall–Kier alpha value is -3.02. The number of benzene rings is 2. The first kappa shape index (κ1) is 23.6. The number of nitrogens with zero attached hydrogens (tertiary/aromatic N) is 2. The minimum Gasteiger partial charge on any atom is -0.325 e. The molecule has 0 radical (unpaired) electrons. The second kappa shape index (κ2) is 8.85. The van der Waals surface area contributed by atoms with E-state index in [-0.39, 0.29) is 10.9 Å². The molecule has 1 atom stereocenters. The van der Waals surface area contributed by atoms with Gasteiger partial charge in [-0.25, -0.2) is 4.99 Å². The Bertz CT molecular complexity index is 1070. The van der Waals surface area contributed by atoms with Crippen molar-refractivity contribution >= 4 is 40.1 Å². The molecule has 2 amide bonds. The molecular weight excluding hydrogens is 460 g/mol. The Morgan fingerprint density at radius 3 is 2.41 bits per heavy atom. The van der Waals surface area contributed by atoms with Crippen LogP contribution in [-0.2, 0) is 21.9 Å². The van der Waals surface area contributed by atoms with Crippen molar-refractivity contribution in [1.82, 2.24) is 4.90 Å². The summed E-state index contributed by atoms with van der Waals surface area (Å²) in [6.45, 7) is 0. The summed E-state index contributed by atoms with van der Waals surface area (Å²) in [5.41, 5.74) is -2.41. The van der Waals surface area contributed by atoms with E-state index in [1.165, 1.54) is 31.3 Å². The van der Waals surface area contributed by atoms with Crippen LogP contribution < -0.4 is 5.32 Å². The number of alkyl halides is 6. The van der Waals surface area contributed by atoms with Crippen LogP contribution in [-0.4, -0.2) is 34.2 Å². The van der Waals surface area contributed by atoms with Gasteiger partial charge in [-0.1, -0.05) is 30.0 Å². The standard InChI is InChI=1S/C20H15F6N3O2S/c1-29-17(31)15(10-16(30)28-14-8-3-2-7-13(14)20(24,25)26)32-18(29)27-12-6-4-5-11(9-12)19(21,22)23/h2-9,15H,10H2,1H3,(H,28,30)/t15-/m0/s1. The molecule has 0 aromatic heterocycles. The van der Waals surface area contributed by atoms with Gasteiger partial charge in [-0.05, 0) is 30.3 Å². The highest BCUT2D eigenvalue weighted by molar-refractivity contribution is 8.15. The zero-order valence-electron chi connectivity index (χ0n) is 16.3. The number of carbonyl (C=O) groups is 2. The number of hydrogen-bond acceptors (Lipinski definition) is 4. The molecule has 1 fully saturated rings. The summed E-state index contributed by atoms with van der Waals surface area (Å²) in [4.78, 5) is 29.9. The van der Waals surface area contributed by atoms with Crippen molar-refractivity contribution in [2.45, 2.75) is 24.0 Å². The number of anilines is 1. The smallest absolute Gasteiger partial charge is 0.325 e. The third kappa shape index (κ3) is 5.42. The number of amides is 2. The maximum atomic E-state index is 13.1. The summed E-state index contributed by atoms with van der Waals surface area (Å²) in [6.07, 6.45) is -9.68. The van der Waals surface area contributed by atoms with E-state index in [1.54, 1.807) is 0 Å². The predicted octanol–water partition coefficient (Wildman–Crippen LogP) is 5.31. The lowest BCUT2D eigenvalue weighted by Gasteiger charge is -2.14. The highest BCUT2D eigenvalue weighted by Gasteiger charge is 2.38. The van der Waals surface area contributed by atoms with Gasteiger partial charge in [0.05, 0.1) is 22.5 Å². The zero-order valence-corrected chi connectivity index (χ0v) is 17.1. The van der Waals surface area contributed by atoms with Crippen molar-refractivity contribution in [3.05, 3.63) is 59.7 Å². The number of rotatable bonds is 4. The van der Waals surface area contributed by atoms with Gasteiger partial charge >= 0.3 is 12.4 Å². The van der Waals surface area contributed by atoms with E-state index in [1.807, 2.05) is 0 Å². The number of aliphatic imine (C=N–C) groups is 1. The fourth-order valence-electron chi connectivity index (χ4n) is 2.87. The molecule has 0 aliphatic carbocycles. The van der Waals surface area contributed by atoms with Crippen molar-refractivity contribution < 1.29 is 35.9 Å². The minimum absolute atomic E-state index is 0.0359. The highest BCUT2D eigenvalue weighted by atomic mass is 32.2. The van der Waals surface area contributed by atoms with E-state index in [2.05, 4.69) is 10.3 Å². The summed E-state index contributed by atoms with van der Waals surface area (Å²) in [6, 6.07) is 8.62. The van der Waals surface area contributed by atoms with Gasteiger partial charge in [0.25, 0.3) is 0 Å². The van der Waals surface area contributed by atoms with Crippen molar-refractivity contribution in [3.63, 3.8) is 0 Å². The molecule has 170 valence electrons. The van der Waals surface area contributed by atoms with Gasteiger partial charge in [0.2, 0.25) is 11.8 Å². The summed E-state index contributed by atoms with van der Waals surface area (Å²) in [5, 5.41) is 1.25. The first-order chi connectivity index (χ1) is 14.9. The van der Waals surface area contributed by atoms with E-state index < -0.39 is 52.7 Å². The molecule has 0 saturated carbocycles. The second-order valence-corrected chi connectivity index (χ2v) is 7.91. The third-order valence-electron chi connectivity index (χ3n) is 4.42. The van der Waals surface area contributed by atoms with Crippen molar-refractivity contribution in [2.75, 3.05) is 12.4 Å². The summed E-state index contributed by atoms with van der Waals surface area (Å²) in [7, 11) is 1.35. The largest absolute Gasteiger partial charge is 0.418 e. The molecule has 32 heavy (non-hydrogen) atoms. The molecule has 2 aromatic rings. The summed E-state index contributed by atoms with van der Waals surface area (Å²) >= 11 is 0.846. The van der Waals surface area contributed by atoms with Gasteiger partial charge in [0.15, 0.2) is 5.17 Å². The van der Waals surface area contributed by atoms with Crippen molar-refractivity contribution in [1.29, 1.82) is 0 Å². The molecule has 3 rings (SSSR count). The lowest BCUT2D eigenvalue weighted by Crippen LogP contribution is -2.30. The van der Waals surface area contributed by atoms with Crippen LogP contribution in [0.5, 0.6) is 0 Å². The topological polar surface area (TPSA) is 61.8 Å². The first-order valence-corrected chi connectivity index (χ1v) is 9.90. The van der Waals surface area contributed by atoms with Crippen LogP contribution in [0.25, 0.3) is 0 Å². The monoisotopic (exact) mass is 475 g/mol. The summed E-state index contributed by atoms with van der Waals surface area (Å²) < 4.78 is 77.8. The summed E-state index contributed by atoms with van der Waals surface area (Å²) in [5.74, 6) is -1.36. The normalized spacial score (nSPS) is 18.3. The van der Waals surface area contributed by atoms with Crippen LogP contribution in [0.2, 0.25) is 0 Å². The Morgan fingerprint density at radius 1 is 1.06 bits per heavy atom. The van der Waals surface area contributed by atoms with E-state index in [9.17, 15) is 35.9 Å². The van der Waals surface area contributed by atoms with Gasteiger partial charge in [-0.2, -0.15) is 26.3 Å². The molecule has 0 bridgehead atoms. The minimum atomic E-state index is -4.67. The Kier molecular flexibility index (Phi) is 6.54. The number of carbonyl (C=O) groups excluding carboxylic acids is 2. The van der Waals surface area contributed by atoms with Crippen molar-refractivity contribution in [2.24, 2.45) is 4.99 Å². The van der Waals surface area contributed by atoms with Crippen LogP contribution in [0, 0.1) is 0 Å². The number of halogens is 6. The average molecular weight is 475 g/mol. The SMILES string of the molecule is CN1C(=O)[C@H](CC(=O)Nc2ccccc2C(F)(F)F)SC1=Nc1cccc(C(F)(F)F)c1. The van der Waals surface area contributed by atoms with Gasteiger partial charge < -0.3 is 5.32 Å². The molecule has 12 heteroatoms. The lowest BCUT2D eigenvalue weighted by molar-refractivity contribution is -0.138. The average Bonchev–Trinajstić information content (AvgIpc) is 2.95. The zero-order chi connectivity index (χ0) is 23.7. The van der Waals surface area contributed by atoms with E-state index in [0.29, 0.717) is 0 Å². The maximum Gasteiger partial charge on any atom is 0.418 e. The molecular formula is C20H15F6N3O2S. The molecule has 0 spiro atoms. The predicted molar refractivity (Wildman–Crippen MR) is 107 cm³/mol. The first-order valence-electron chi connectivity index (χ1n) is 9.02.